The molecule has 21 heavy (non-hydrogen) atoms. The zero-order chi connectivity index (χ0) is 15.1. The SMILES string of the molecule is C.CC(C)c1ccc[n+]([O-])n1.CC(C)c1cnc[n+](C)c1. The molecular weight excluding hydrogens is 264 g/mol. The summed E-state index contributed by atoms with van der Waals surface area (Å²) in [6.45, 7) is 8.33. The van der Waals surface area contributed by atoms with Gasteiger partial charge in [-0.25, -0.2) is 4.57 Å². The van der Waals surface area contributed by atoms with Gasteiger partial charge in [-0.1, -0.05) is 45.0 Å². The second-order valence-electron chi connectivity index (χ2n) is 5.33. The summed E-state index contributed by atoms with van der Waals surface area (Å²) in [4.78, 5) is 4.65. The van der Waals surface area contributed by atoms with E-state index in [0.717, 1.165) is 5.69 Å². The summed E-state index contributed by atoms with van der Waals surface area (Å²) in [5, 5.41) is 14.3. The van der Waals surface area contributed by atoms with E-state index in [2.05, 4.69) is 30.1 Å². The van der Waals surface area contributed by atoms with Crippen LogP contribution in [0.25, 0.3) is 0 Å². The second-order valence-corrected chi connectivity index (χ2v) is 5.33. The molecule has 2 aromatic rings. The molecule has 0 aliphatic carbocycles. The molecule has 0 amide bonds. The van der Waals surface area contributed by atoms with E-state index in [1.807, 2.05) is 37.7 Å². The average Bonchev–Trinajstić information content (AvgIpc) is 2.39. The van der Waals surface area contributed by atoms with Gasteiger partial charge in [0, 0.05) is 22.6 Å². The molecule has 0 unspecified atom stereocenters. The topological polar surface area (TPSA) is 56.6 Å². The van der Waals surface area contributed by atoms with Crippen molar-refractivity contribution in [1.29, 1.82) is 0 Å². The van der Waals surface area contributed by atoms with E-state index in [0.29, 0.717) is 16.7 Å². The van der Waals surface area contributed by atoms with Crippen molar-refractivity contribution in [3.63, 3.8) is 0 Å². The Balaban J connectivity index is 0.000000364. The summed E-state index contributed by atoms with van der Waals surface area (Å²) in [6.07, 6.45) is 7.18. The van der Waals surface area contributed by atoms with Gasteiger partial charge in [-0.3, -0.25) is 0 Å². The molecule has 0 atom stereocenters. The van der Waals surface area contributed by atoms with Crippen LogP contribution in [0.2, 0.25) is 0 Å². The lowest BCUT2D eigenvalue weighted by molar-refractivity contribution is -0.675. The van der Waals surface area contributed by atoms with E-state index in [9.17, 15) is 5.21 Å². The highest BCUT2D eigenvalue weighted by molar-refractivity contribution is 5.04. The van der Waals surface area contributed by atoms with Crippen molar-refractivity contribution in [2.75, 3.05) is 0 Å². The summed E-state index contributed by atoms with van der Waals surface area (Å²) in [6, 6.07) is 3.55. The first kappa shape index (κ1) is 19.0. The quantitative estimate of drug-likeness (QED) is 0.631. The number of hydrogen-bond donors (Lipinski definition) is 0. The molecule has 5 nitrogen and oxygen atoms in total. The third kappa shape index (κ3) is 6.79. The molecule has 0 aliphatic heterocycles. The lowest BCUT2D eigenvalue weighted by atomic mass is 10.1. The molecule has 0 saturated heterocycles. The Kier molecular flexibility index (Phi) is 8.12. The molecular formula is C16H27N4O+. The van der Waals surface area contributed by atoms with Gasteiger partial charge in [0.05, 0.1) is 13.2 Å². The summed E-state index contributed by atoms with van der Waals surface area (Å²) in [7, 11) is 1.98. The normalized spacial score (nSPS) is 9.86. The summed E-state index contributed by atoms with van der Waals surface area (Å²) in [5.41, 5.74) is 2.11. The average molecular weight is 291 g/mol. The molecule has 5 heteroatoms. The molecule has 0 bridgehead atoms. The first-order chi connectivity index (χ1) is 9.40. The van der Waals surface area contributed by atoms with Gasteiger partial charge >= 0.3 is 0 Å². The van der Waals surface area contributed by atoms with Crippen molar-refractivity contribution < 1.29 is 9.41 Å². The van der Waals surface area contributed by atoms with Crippen molar-refractivity contribution in [1.82, 2.24) is 10.1 Å². The Labute approximate surface area is 127 Å². The number of nitrogens with zero attached hydrogens (tertiary/aromatic N) is 4. The fraction of sp³-hybridized carbons (Fsp3) is 0.500. The first-order valence-corrected chi connectivity index (χ1v) is 6.76. The maximum absolute atomic E-state index is 10.6. The van der Waals surface area contributed by atoms with Crippen molar-refractivity contribution in [3.8, 4) is 0 Å². The molecule has 0 fully saturated rings. The van der Waals surface area contributed by atoms with E-state index >= 15 is 0 Å². The minimum atomic E-state index is 0. The first-order valence-electron chi connectivity index (χ1n) is 6.76. The van der Waals surface area contributed by atoms with Crippen molar-refractivity contribution >= 4 is 0 Å². The number of rotatable bonds is 2. The zero-order valence-corrected chi connectivity index (χ0v) is 12.8. The largest absolute Gasteiger partial charge is 0.594 e. The van der Waals surface area contributed by atoms with Gasteiger partial charge in [-0.15, -0.1) is 0 Å². The summed E-state index contributed by atoms with van der Waals surface area (Å²) in [5.74, 6) is 0.890. The van der Waals surface area contributed by atoms with E-state index in [1.54, 1.807) is 12.4 Å². The number of hydrogen-bond acceptors (Lipinski definition) is 3. The minimum absolute atomic E-state index is 0. The Morgan fingerprint density at radius 2 is 1.81 bits per heavy atom. The van der Waals surface area contributed by atoms with Crippen LogP contribution in [0.15, 0.2) is 37.1 Å². The van der Waals surface area contributed by atoms with Gasteiger partial charge in [-0.05, 0) is 12.0 Å². The van der Waals surface area contributed by atoms with Crippen molar-refractivity contribution in [2.45, 2.75) is 47.0 Å². The highest BCUT2D eigenvalue weighted by atomic mass is 16.5. The lowest BCUT2D eigenvalue weighted by Gasteiger charge is -2.00. The van der Waals surface area contributed by atoms with Gasteiger partial charge in [-0.2, -0.15) is 0 Å². The van der Waals surface area contributed by atoms with E-state index < -0.39 is 0 Å². The maximum Gasteiger partial charge on any atom is 0.285 e. The van der Waals surface area contributed by atoms with Crippen LogP contribution >= 0.6 is 0 Å². The zero-order valence-electron chi connectivity index (χ0n) is 12.8. The van der Waals surface area contributed by atoms with Gasteiger partial charge in [0.15, 0.2) is 0 Å². The number of aryl methyl sites for hydroxylation is 1. The number of aromatic nitrogens is 4. The fourth-order valence-electron chi connectivity index (χ4n) is 1.53. The third-order valence-electron chi connectivity index (χ3n) is 2.78. The molecule has 0 aromatic carbocycles. The van der Waals surface area contributed by atoms with Crippen LogP contribution in [-0.4, -0.2) is 10.1 Å². The van der Waals surface area contributed by atoms with Crippen molar-refractivity contribution in [2.24, 2.45) is 7.05 Å². The highest BCUT2D eigenvalue weighted by Gasteiger charge is 2.03. The van der Waals surface area contributed by atoms with E-state index in [-0.39, 0.29) is 7.43 Å². The smallest absolute Gasteiger partial charge is 0.285 e. The highest BCUT2D eigenvalue weighted by Crippen LogP contribution is 2.08. The molecule has 116 valence electrons. The van der Waals surface area contributed by atoms with Gasteiger partial charge in [0.2, 0.25) is 6.20 Å². The maximum atomic E-state index is 10.6. The predicted molar refractivity (Wildman–Crippen MR) is 83.5 cm³/mol. The Hall–Kier alpha value is -2.04. The predicted octanol–water partition coefficient (Wildman–Crippen LogP) is 2.50. The van der Waals surface area contributed by atoms with E-state index in [1.165, 1.54) is 11.8 Å². The van der Waals surface area contributed by atoms with Gasteiger partial charge < -0.3 is 5.21 Å². The minimum Gasteiger partial charge on any atom is -0.594 e. The monoisotopic (exact) mass is 291 g/mol. The molecule has 0 N–H and O–H groups in total. The second kappa shape index (κ2) is 9.00. The van der Waals surface area contributed by atoms with Crippen LogP contribution in [0.4, 0.5) is 0 Å². The van der Waals surface area contributed by atoms with Gasteiger partial charge in [0.25, 0.3) is 6.33 Å². The third-order valence-corrected chi connectivity index (χ3v) is 2.78. The van der Waals surface area contributed by atoms with Crippen LogP contribution < -0.4 is 9.41 Å². The standard InChI is InChI=1S/C8H13N2.C7H10N2O.CH4/c1-7(2)8-4-9-6-10(3)5-8;1-6(2)7-4-3-5-9(10)8-7;/h4-7H,1-3H3;3-6H,1-2H3;1H4/q+1;;. The molecule has 0 spiro atoms. The van der Waals surface area contributed by atoms with Crippen molar-refractivity contribution in [3.05, 3.63) is 53.5 Å². The fourth-order valence-corrected chi connectivity index (χ4v) is 1.53. The van der Waals surface area contributed by atoms with Crippen LogP contribution in [0.5, 0.6) is 0 Å². The Morgan fingerprint density at radius 1 is 1.14 bits per heavy atom. The molecule has 2 heterocycles. The van der Waals surface area contributed by atoms with Crippen LogP contribution in [0.3, 0.4) is 0 Å². The summed E-state index contributed by atoms with van der Waals surface area (Å²) >= 11 is 0. The van der Waals surface area contributed by atoms with Crippen LogP contribution in [-0.2, 0) is 7.05 Å². The van der Waals surface area contributed by atoms with Crippen LogP contribution in [0, 0.1) is 5.21 Å². The molecule has 2 aromatic heterocycles. The van der Waals surface area contributed by atoms with E-state index in [4.69, 9.17) is 0 Å². The summed E-state index contributed by atoms with van der Waals surface area (Å²) < 4.78 is 1.97. The molecule has 0 radical (unpaired) electrons. The van der Waals surface area contributed by atoms with Gasteiger partial charge in [0.1, 0.15) is 11.9 Å². The van der Waals surface area contributed by atoms with Crippen LogP contribution in [0.1, 0.15) is 58.2 Å². The molecule has 2 rings (SSSR count). The molecule has 0 saturated carbocycles. The Morgan fingerprint density at radius 3 is 2.19 bits per heavy atom. The Bertz CT molecular complexity index is 492. The molecule has 0 aliphatic rings. The lowest BCUT2D eigenvalue weighted by Crippen LogP contribution is -2.31.